The fourth-order valence-electron chi connectivity index (χ4n) is 3.25. The normalized spacial score (nSPS) is 16.6. The molecule has 0 unspecified atom stereocenters. The van der Waals surface area contributed by atoms with E-state index in [1.807, 2.05) is 35.8 Å². The number of benzene rings is 2. The molecule has 2 heterocycles. The number of esters is 1. The average molecular weight is 459 g/mol. The van der Waals surface area contributed by atoms with Crippen LogP contribution in [0.1, 0.15) is 12.0 Å². The van der Waals surface area contributed by atoms with Crippen LogP contribution in [0.15, 0.2) is 58.6 Å². The number of carbonyl (C=O) groups excluding carboxylic acids is 1. The van der Waals surface area contributed by atoms with E-state index in [0.29, 0.717) is 29.6 Å². The van der Waals surface area contributed by atoms with Crippen molar-refractivity contribution < 1.29 is 17.9 Å². The van der Waals surface area contributed by atoms with Gasteiger partial charge in [0.2, 0.25) is 10.0 Å². The number of nitrogens with zero attached hydrogens (tertiary/aromatic N) is 4. The fraction of sp³-hybridized carbons (Fsp3) is 0.286. The Morgan fingerprint density at radius 3 is 2.58 bits per heavy atom. The third-order valence-corrected chi connectivity index (χ3v) is 7.90. The first-order valence-corrected chi connectivity index (χ1v) is 12.0. The van der Waals surface area contributed by atoms with E-state index in [4.69, 9.17) is 4.74 Å². The van der Waals surface area contributed by atoms with Gasteiger partial charge >= 0.3 is 5.97 Å². The molecule has 1 saturated heterocycles. The highest BCUT2D eigenvalue weighted by molar-refractivity contribution is 8.00. The van der Waals surface area contributed by atoms with Gasteiger partial charge in [-0.25, -0.2) is 12.7 Å². The van der Waals surface area contributed by atoms with E-state index in [9.17, 15) is 13.2 Å². The smallest absolute Gasteiger partial charge is 0.319 e. The van der Waals surface area contributed by atoms with Crippen molar-refractivity contribution in [1.29, 1.82) is 0 Å². The van der Waals surface area contributed by atoms with Gasteiger partial charge in [-0.05, 0) is 36.8 Å². The summed E-state index contributed by atoms with van der Waals surface area (Å²) in [6, 6.07) is 14.5. The second-order valence-corrected chi connectivity index (χ2v) is 10.7. The van der Waals surface area contributed by atoms with Crippen molar-refractivity contribution in [3.63, 3.8) is 0 Å². The molecule has 1 aromatic heterocycles. The Balaban J connectivity index is 1.84. The van der Waals surface area contributed by atoms with E-state index in [-0.39, 0.29) is 16.1 Å². The van der Waals surface area contributed by atoms with Crippen molar-refractivity contribution in [3.05, 3.63) is 54.1 Å². The lowest BCUT2D eigenvalue weighted by Gasteiger charge is -2.14. The molecular weight excluding hydrogens is 436 g/mol. The van der Waals surface area contributed by atoms with Gasteiger partial charge in [0.05, 0.1) is 11.5 Å². The Morgan fingerprint density at radius 1 is 1.13 bits per heavy atom. The van der Waals surface area contributed by atoms with E-state index in [1.165, 1.54) is 30.2 Å². The number of ether oxygens (including phenoxy) is 1. The standard InChI is InChI=1S/C21H22N4O4S2/c1-14-6-4-8-16(12-14)25-19(22-23-21(25)30-18-10-11-29-20(18)26)15-7-5-9-17(13-15)31(27,28)24(2)3/h4-9,12-13,18H,10-11H2,1-3H3/t18-/m1/s1. The molecule has 0 aliphatic carbocycles. The van der Waals surface area contributed by atoms with Gasteiger partial charge in [-0.1, -0.05) is 36.0 Å². The van der Waals surface area contributed by atoms with Gasteiger partial charge in [-0.2, -0.15) is 0 Å². The zero-order valence-electron chi connectivity index (χ0n) is 17.3. The molecule has 1 atom stereocenters. The zero-order valence-corrected chi connectivity index (χ0v) is 19.0. The number of sulfonamides is 1. The predicted molar refractivity (Wildman–Crippen MR) is 118 cm³/mol. The molecule has 3 aromatic rings. The van der Waals surface area contributed by atoms with Gasteiger partial charge in [0.25, 0.3) is 0 Å². The molecule has 0 spiro atoms. The molecule has 0 amide bonds. The number of carbonyl (C=O) groups is 1. The molecule has 162 valence electrons. The molecule has 31 heavy (non-hydrogen) atoms. The third-order valence-electron chi connectivity index (χ3n) is 4.90. The first-order valence-electron chi connectivity index (χ1n) is 9.66. The number of aromatic nitrogens is 3. The Hall–Kier alpha value is -2.69. The SMILES string of the molecule is Cc1cccc(-n2c(S[C@@H]3CCOC3=O)nnc2-c2cccc(S(=O)(=O)N(C)C)c2)c1. The lowest BCUT2D eigenvalue weighted by Crippen LogP contribution is -2.22. The second kappa shape index (κ2) is 8.45. The van der Waals surface area contributed by atoms with Crippen LogP contribution in [0.25, 0.3) is 17.1 Å². The summed E-state index contributed by atoms with van der Waals surface area (Å²) in [7, 11) is -0.616. The summed E-state index contributed by atoms with van der Waals surface area (Å²) < 4.78 is 33.3. The Morgan fingerprint density at radius 2 is 1.90 bits per heavy atom. The predicted octanol–water partition coefficient (Wildman–Crippen LogP) is 2.90. The van der Waals surface area contributed by atoms with Gasteiger partial charge in [0, 0.05) is 31.8 Å². The molecule has 2 aromatic carbocycles. The van der Waals surface area contributed by atoms with Gasteiger partial charge in [-0.15, -0.1) is 10.2 Å². The highest BCUT2D eigenvalue weighted by Crippen LogP contribution is 2.34. The maximum Gasteiger partial charge on any atom is 0.319 e. The van der Waals surface area contributed by atoms with E-state index >= 15 is 0 Å². The number of thioether (sulfide) groups is 1. The summed E-state index contributed by atoms with van der Waals surface area (Å²) in [5.41, 5.74) is 2.49. The van der Waals surface area contributed by atoms with E-state index in [0.717, 1.165) is 11.3 Å². The van der Waals surface area contributed by atoms with Crippen molar-refractivity contribution in [2.75, 3.05) is 20.7 Å². The minimum atomic E-state index is -3.60. The summed E-state index contributed by atoms with van der Waals surface area (Å²) in [4.78, 5) is 12.2. The molecular formula is C21H22N4O4S2. The summed E-state index contributed by atoms with van der Waals surface area (Å²) in [5, 5.41) is 8.89. The first kappa shape index (κ1) is 21.5. The van der Waals surface area contributed by atoms with Gasteiger partial charge in [0.15, 0.2) is 11.0 Å². The summed E-state index contributed by atoms with van der Waals surface area (Å²) in [6.07, 6.45) is 0.607. The van der Waals surface area contributed by atoms with Crippen LogP contribution in [-0.4, -0.2) is 59.4 Å². The highest BCUT2D eigenvalue weighted by atomic mass is 32.2. The minimum absolute atomic E-state index is 0.169. The molecule has 0 radical (unpaired) electrons. The lowest BCUT2D eigenvalue weighted by molar-refractivity contribution is -0.137. The number of rotatable bonds is 6. The number of hydrogen-bond donors (Lipinski definition) is 0. The molecule has 1 fully saturated rings. The summed E-state index contributed by atoms with van der Waals surface area (Å²) >= 11 is 1.31. The second-order valence-electron chi connectivity index (χ2n) is 7.36. The Kier molecular flexibility index (Phi) is 5.87. The van der Waals surface area contributed by atoms with Crippen LogP contribution in [0, 0.1) is 6.92 Å². The maximum absolute atomic E-state index is 12.6. The molecule has 1 aliphatic heterocycles. The van der Waals surface area contributed by atoms with Gasteiger partial charge in [-0.3, -0.25) is 9.36 Å². The average Bonchev–Trinajstić information content (AvgIpc) is 3.34. The van der Waals surface area contributed by atoms with Crippen molar-refractivity contribution in [1.82, 2.24) is 19.1 Å². The Labute approximate surface area is 185 Å². The number of aryl methyl sites for hydroxylation is 1. The van der Waals surface area contributed by atoms with Crippen molar-refractivity contribution >= 4 is 27.8 Å². The topological polar surface area (TPSA) is 94.4 Å². The Bertz CT molecular complexity index is 1240. The fourth-order valence-corrected chi connectivity index (χ4v) is 5.22. The van der Waals surface area contributed by atoms with Crippen LogP contribution in [0.4, 0.5) is 0 Å². The zero-order chi connectivity index (χ0) is 22.2. The molecule has 1 aliphatic rings. The van der Waals surface area contributed by atoms with E-state index < -0.39 is 10.0 Å². The van der Waals surface area contributed by atoms with E-state index in [1.54, 1.807) is 24.3 Å². The van der Waals surface area contributed by atoms with Crippen LogP contribution in [-0.2, 0) is 19.6 Å². The van der Waals surface area contributed by atoms with Crippen LogP contribution in [0.3, 0.4) is 0 Å². The van der Waals surface area contributed by atoms with Crippen LogP contribution >= 0.6 is 11.8 Å². The van der Waals surface area contributed by atoms with Crippen molar-refractivity contribution in [2.45, 2.75) is 28.6 Å². The number of hydrogen-bond acceptors (Lipinski definition) is 7. The van der Waals surface area contributed by atoms with Crippen LogP contribution in [0.2, 0.25) is 0 Å². The molecule has 8 nitrogen and oxygen atoms in total. The van der Waals surface area contributed by atoms with Crippen molar-refractivity contribution in [2.24, 2.45) is 0 Å². The minimum Gasteiger partial charge on any atom is -0.465 e. The van der Waals surface area contributed by atoms with Crippen molar-refractivity contribution in [3.8, 4) is 17.1 Å². The van der Waals surface area contributed by atoms with Gasteiger partial charge in [0.1, 0.15) is 5.25 Å². The first-order chi connectivity index (χ1) is 14.8. The van der Waals surface area contributed by atoms with Crippen LogP contribution < -0.4 is 0 Å². The molecule has 10 heteroatoms. The summed E-state index contributed by atoms with van der Waals surface area (Å²) in [6.45, 7) is 2.38. The molecule has 0 N–H and O–H groups in total. The monoisotopic (exact) mass is 458 g/mol. The summed E-state index contributed by atoms with van der Waals surface area (Å²) in [5.74, 6) is 0.236. The number of cyclic esters (lactones) is 1. The largest absolute Gasteiger partial charge is 0.465 e. The molecule has 0 saturated carbocycles. The molecule has 4 rings (SSSR count). The quantitative estimate of drug-likeness (QED) is 0.524. The van der Waals surface area contributed by atoms with Crippen LogP contribution in [0.5, 0.6) is 0 Å². The molecule has 0 bridgehead atoms. The lowest BCUT2D eigenvalue weighted by atomic mass is 10.2. The van der Waals surface area contributed by atoms with E-state index in [2.05, 4.69) is 10.2 Å². The maximum atomic E-state index is 12.6. The highest BCUT2D eigenvalue weighted by Gasteiger charge is 2.30. The third kappa shape index (κ3) is 4.23. The van der Waals surface area contributed by atoms with Gasteiger partial charge < -0.3 is 4.74 Å².